The van der Waals surface area contributed by atoms with Crippen molar-refractivity contribution in [1.29, 1.82) is 0 Å². The Bertz CT molecular complexity index is 1890. The van der Waals surface area contributed by atoms with Crippen molar-refractivity contribution in [2.75, 3.05) is 0 Å². The van der Waals surface area contributed by atoms with Gasteiger partial charge in [0.2, 0.25) is 11.8 Å². The molecule has 0 aliphatic heterocycles. The van der Waals surface area contributed by atoms with E-state index in [0.717, 1.165) is 49.0 Å². The summed E-state index contributed by atoms with van der Waals surface area (Å²) in [6, 6.07) is 30.2. The first kappa shape index (κ1) is 31.5. The number of nitrogens with one attached hydrogen (secondary N) is 2. The average molecular weight is 628 g/mol. The third kappa shape index (κ3) is 7.17. The second-order valence-corrected chi connectivity index (χ2v) is 11.7. The van der Waals surface area contributed by atoms with Gasteiger partial charge in [0.05, 0.1) is 12.1 Å². The van der Waals surface area contributed by atoms with Crippen molar-refractivity contribution in [3.63, 3.8) is 0 Å². The second kappa shape index (κ2) is 14.3. The van der Waals surface area contributed by atoms with E-state index in [1.54, 1.807) is 0 Å². The summed E-state index contributed by atoms with van der Waals surface area (Å²) < 4.78 is 5.75. The Hall–Kier alpha value is -5.51. The number of carbonyl (C=O) groups is 3. The summed E-state index contributed by atoms with van der Waals surface area (Å²) in [5, 5.41) is 1.85. The quantitative estimate of drug-likeness (QED) is 0.143. The standard InChI is InChI=1S/C38H37N5O4/c39-31(20-27-22-41-33-17-9-7-15-29(27)33)36(44)43(37(45)32(40)21-28-23-42-34-18-10-8-16-30(28)34)35(19-25-11-3-1-4-12-25)38(46)47-24-26-13-5-2-6-14-26/h1-18,22-23,31-32,35,41-42H,19-21,24,39-40H2/t31-,32-,35-/m0/s1. The maximum absolute atomic E-state index is 14.4. The molecule has 6 aromatic rings. The van der Waals surface area contributed by atoms with Crippen LogP contribution in [0.15, 0.2) is 122 Å². The Morgan fingerprint density at radius 2 is 1.04 bits per heavy atom. The molecule has 2 aromatic heterocycles. The molecule has 0 spiro atoms. The number of amides is 2. The van der Waals surface area contributed by atoms with E-state index in [2.05, 4.69) is 9.97 Å². The zero-order chi connectivity index (χ0) is 32.8. The topological polar surface area (TPSA) is 147 Å². The molecule has 9 nitrogen and oxygen atoms in total. The number of aromatic amines is 2. The number of fused-ring (bicyclic) bond motifs is 2. The number of ether oxygens (including phenoxy) is 1. The molecule has 0 bridgehead atoms. The summed E-state index contributed by atoms with van der Waals surface area (Å²) in [4.78, 5) is 50.1. The lowest BCUT2D eigenvalue weighted by Crippen LogP contribution is -2.59. The lowest BCUT2D eigenvalue weighted by atomic mass is 9.98. The van der Waals surface area contributed by atoms with E-state index in [4.69, 9.17) is 16.2 Å². The number of nitrogens with zero attached hydrogens (tertiary/aromatic N) is 1. The maximum atomic E-state index is 14.4. The molecular formula is C38H37N5O4. The molecule has 6 N–H and O–H groups in total. The summed E-state index contributed by atoms with van der Waals surface area (Å²) in [6.07, 6.45) is 3.93. The molecule has 47 heavy (non-hydrogen) atoms. The molecule has 0 fully saturated rings. The molecule has 238 valence electrons. The van der Waals surface area contributed by atoms with Crippen LogP contribution in [0.3, 0.4) is 0 Å². The Balaban J connectivity index is 1.34. The Morgan fingerprint density at radius 3 is 1.55 bits per heavy atom. The molecule has 9 heteroatoms. The van der Waals surface area contributed by atoms with Gasteiger partial charge in [0.25, 0.3) is 0 Å². The van der Waals surface area contributed by atoms with Crippen LogP contribution >= 0.6 is 0 Å². The molecule has 4 aromatic carbocycles. The number of para-hydroxylation sites is 2. The smallest absolute Gasteiger partial charge is 0.330 e. The van der Waals surface area contributed by atoms with E-state index >= 15 is 0 Å². The number of benzene rings is 4. The monoisotopic (exact) mass is 627 g/mol. The molecule has 0 saturated heterocycles. The Morgan fingerprint density at radius 1 is 0.596 bits per heavy atom. The predicted octanol–water partition coefficient (Wildman–Crippen LogP) is 4.80. The van der Waals surface area contributed by atoms with Gasteiger partial charge in [-0.25, -0.2) is 4.79 Å². The highest BCUT2D eigenvalue weighted by atomic mass is 16.5. The van der Waals surface area contributed by atoms with Crippen LogP contribution in [0.5, 0.6) is 0 Å². The zero-order valence-electron chi connectivity index (χ0n) is 25.8. The van der Waals surface area contributed by atoms with Gasteiger partial charge >= 0.3 is 5.97 Å². The largest absolute Gasteiger partial charge is 0.459 e. The number of esters is 1. The van der Waals surface area contributed by atoms with E-state index in [-0.39, 0.29) is 25.9 Å². The maximum Gasteiger partial charge on any atom is 0.330 e. The molecule has 0 saturated carbocycles. The summed E-state index contributed by atoms with van der Waals surface area (Å²) in [5.41, 5.74) is 18.2. The minimum atomic E-state index is -1.30. The highest BCUT2D eigenvalue weighted by molar-refractivity contribution is 6.04. The van der Waals surface area contributed by atoms with Crippen molar-refractivity contribution in [1.82, 2.24) is 14.9 Å². The first-order valence-electron chi connectivity index (χ1n) is 15.6. The number of hydrogen-bond acceptors (Lipinski definition) is 6. The first-order valence-corrected chi connectivity index (χ1v) is 15.6. The van der Waals surface area contributed by atoms with Crippen LogP contribution in [0.4, 0.5) is 0 Å². The lowest BCUT2D eigenvalue weighted by molar-refractivity contribution is -0.163. The van der Waals surface area contributed by atoms with Crippen LogP contribution in [0.1, 0.15) is 22.3 Å². The minimum Gasteiger partial charge on any atom is -0.459 e. The number of hydrogen-bond donors (Lipinski definition) is 4. The molecular weight excluding hydrogens is 590 g/mol. The fourth-order valence-electron chi connectivity index (χ4n) is 5.96. The SMILES string of the molecule is N[C@@H](Cc1c[nH]c2ccccc12)C(=O)N(C(=O)[C@@H](N)Cc1c[nH]c2ccccc12)[C@@H](Cc1ccccc1)C(=O)OCc1ccccc1. The van der Waals surface area contributed by atoms with Crippen LogP contribution < -0.4 is 11.5 Å². The third-order valence-electron chi connectivity index (χ3n) is 8.42. The van der Waals surface area contributed by atoms with E-state index in [9.17, 15) is 14.4 Å². The van der Waals surface area contributed by atoms with E-state index < -0.39 is 35.9 Å². The van der Waals surface area contributed by atoms with Crippen LogP contribution in [-0.4, -0.2) is 50.8 Å². The van der Waals surface area contributed by atoms with Crippen LogP contribution in [0, 0.1) is 0 Å². The van der Waals surface area contributed by atoms with Gasteiger partial charge < -0.3 is 26.2 Å². The van der Waals surface area contributed by atoms with Crippen LogP contribution in [-0.2, 0) is 45.0 Å². The molecule has 0 aliphatic rings. The second-order valence-electron chi connectivity index (χ2n) is 11.7. The van der Waals surface area contributed by atoms with Crippen LogP contribution in [0.2, 0.25) is 0 Å². The van der Waals surface area contributed by atoms with E-state index in [1.165, 1.54) is 0 Å². The number of H-pyrrole nitrogens is 2. The molecule has 2 amide bonds. The number of nitrogens with two attached hydrogens (primary N) is 2. The number of carbonyl (C=O) groups excluding carboxylic acids is 3. The molecule has 3 atom stereocenters. The van der Waals surface area contributed by atoms with Crippen molar-refractivity contribution in [3.8, 4) is 0 Å². The van der Waals surface area contributed by atoms with Gasteiger partial charge in [0.15, 0.2) is 0 Å². The number of imide groups is 1. The van der Waals surface area contributed by atoms with Crippen LogP contribution in [0.25, 0.3) is 21.8 Å². The molecule has 0 radical (unpaired) electrons. The van der Waals surface area contributed by atoms with Crippen molar-refractivity contribution in [3.05, 3.63) is 144 Å². The van der Waals surface area contributed by atoms with Crippen molar-refractivity contribution < 1.29 is 19.1 Å². The normalized spacial score (nSPS) is 13.2. The van der Waals surface area contributed by atoms with E-state index in [0.29, 0.717) is 0 Å². The van der Waals surface area contributed by atoms with Crippen molar-refractivity contribution in [2.45, 2.75) is 44.0 Å². The molecule has 2 heterocycles. The Kier molecular flexibility index (Phi) is 9.56. The summed E-state index contributed by atoms with van der Waals surface area (Å²) in [6.45, 7) is -0.0238. The fraction of sp³-hybridized carbons (Fsp3) is 0.184. The van der Waals surface area contributed by atoms with Gasteiger partial charge in [-0.2, -0.15) is 0 Å². The summed E-state index contributed by atoms with van der Waals surface area (Å²) in [7, 11) is 0. The zero-order valence-corrected chi connectivity index (χ0v) is 25.8. The predicted molar refractivity (Wildman–Crippen MR) is 182 cm³/mol. The molecule has 0 unspecified atom stereocenters. The minimum absolute atomic E-state index is 0.0238. The van der Waals surface area contributed by atoms with Gasteiger partial charge in [0.1, 0.15) is 12.6 Å². The van der Waals surface area contributed by atoms with Gasteiger partial charge in [-0.3, -0.25) is 14.5 Å². The summed E-state index contributed by atoms with van der Waals surface area (Å²) in [5.74, 6) is -2.13. The lowest BCUT2D eigenvalue weighted by Gasteiger charge is -2.32. The van der Waals surface area contributed by atoms with Gasteiger partial charge in [-0.05, 0) is 47.2 Å². The van der Waals surface area contributed by atoms with Crippen molar-refractivity contribution >= 4 is 39.6 Å². The highest BCUT2D eigenvalue weighted by Crippen LogP contribution is 2.23. The highest BCUT2D eigenvalue weighted by Gasteiger charge is 2.40. The van der Waals surface area contributed by atoms with Gasteiger partial charge in [-0.1, -0.05) is 97.1 Å². The fourth-order valence-corrected chi connectivity index (χ4v) is 5.96. The van der Waals surface area contributed by atoms with E-state index in [1.807, 2.05) is 122 Å². The number of aromatic nitrogens is 2. The molecule has 0 aliphatic carbocycles. The van der Waals surface area contributed by atoms with Gasteiger partial charge in [-0.15, -0.1) is 0 Å². The van der Waals surface area contributed by atoms with Gasteiger partial charge in [0, 0.05) is 40.6 Å². The number of rotatable bonds is 12. The third-order valence-corrected chi connectivity index (χ3v) is 8.42. The van der Waals surface area contributed by atoms with Crippen molar-refractivity contribution in [2.24, 2.45) is 11.5 Å². The molecule has 6 rings (SSSR count). The Labute approximate surface area is 272 Å². The average Bonchev–Trinajstić information content (AvgIpc) is 3.71. The summed E-state index contributed by atoms with van der Waals surface area (Å²) >= 11 is 0. The first-order chi connectivity index (χ1) is 22.9.